The summed E-state index contributed by atoms with van der Waals surface area (Å²) in [5.74, 6) is -2.70. The Kier molecular flexibility index (Phi) is 14.5. The van der Waals surface area contributed by atoms with E-state index < -0.39 is 46.9 Å². The normalized spacial score (nSPS) is 12.1. The smallest absolute Gasteiger partial charge is 0.407 e. The maximum absolute atomic E-state index is 12.9. The highest BCUT2D eigenvalue weighted by Crippen LogP contribution is 2.44. The Morgan fingerprint density at radius 3 is 2.23 bits per heavy atom. The molecule has 1 heterocycles. The van der Waals surface area contributed by atoms with Crippen molar-refractivity contribution in [2.24, 2.45) is 11.5 Å². The second-order valence-electron chi connectivity index (χ2n) is 11.1. The molecule has 1 aromatic heterocycles. The number of rotatable bonds is 15. The van der Waals surface area contributed by atoms with Gasteiger partial charge in [-0.15, -0.1) is 0 Å². The van der Waals surface area contributed by atoms with Gasteiger partial charge in [-0.2, -0.15) is 4.39 Å². The zero-order chi connectivity index (χ0) is 35.1. The van der Waals surface area contributed by atoms with E-state index >= 15 is 0 Å². The molecule has 1 unspecified atom stereocenters. The Hall–Kier alpha value is -5.31. The number of ether oxygens (including phenoxy) is 1. The monoisotopic (exact) mass is 667 g/mol. The first kappa shape index (κ1) is 37.2. The van der Waals surface area contributed by atoms with Crippen LogP contribution in [0.3, 0.4) is 0 Å². The first-order valence-corrected chi connectivity index (χ1v) is 15.7. The number of nitrogens with one attached hydrogen (secondary N) is 4. The third-order valence-corrected chi connectivity index (χ3v) is 7.47. The van der Waals surface area contributed by atoms with Crippen molar-refractivity contribution in [1.82, 2.24) is 25.5 Å². The van der Waals surface area contributed by atoms with E-state index in [1.807, 2.05) is 43.3 Å². The van der Waals surface area contributed by atoms with Crippen molar-refractivity contribution in [2.75, 3.05) is 26.2 Å². The Morgan fingerprint density at radius 2 is 1.62 bits per heavy atom. The van der Waals surface area contributed by atoms with E-state index in [2.05, 4.69) is 28.1 Å². The number of hydrogen-bond donors (Lipinski definition) is 6. The number of nitrogens with zero attached hydrogens (tertiary/aromatic N) is 1. The number of aromatic nitrogens is 2. The number of carbonyl (C=O) groups is 4. The number of amides is 4. The van der Waals surface area contributed by atoms with E-state index in [9.17, 15) is 33.2 Å². The van der Waals surface area contributed by atoms with Gasteiger partial charge in [0.05, 0.1) is 12.7 Å². The van der Waals surface area contributed by atoms with E-state index in [0.29, 0.717) is 32.4 Å². The molecule has 4 amide bonds. The summed E-state index contributed by atoms with van der Waals surface area (Å²) < 4.78 is 19.2. The molecular formula is C33H42FN7O7. The summed E-state index contributed by atoms with van der Waals surface area (Å²) in [6, 6.07) is 15.3. The van der Waals surface area contributed by atoms with Crippen molar-refractivity contribution >= 4 is 23.8 Å². The number of nitrogens with two attached hydrogens (primary N) is 2. The average molecular weight is 668 g/mol. The molecule has 14 nitrogen and oxygen atoms in total. The molecule has 0 bridgehead atoms. The highest BCUT2D eigenvalue weighted by atomic mass is 19.1. The van der Waals surface area contributed by atoms with Crippen LogP contribution >= 0.6 is 0 Å². The van der Waals surface area contributed by atoms with Crippen molar-refractivity contribution in [1.29, 1.82) is 0 Å². The predicted octanol–water partition coefficient (Wildman–Crippen LogP) is 1.22. The van der Waals surface area contributed by atoms with E-state index in [0.717, 1.165) is 45.9 Å². The number of benzene rings is 2. The largest absolute Gasteiger partial charge is 0.449 e. The van der Waals surface area contributed by atoms with Crippen LogP contribution in [0.2, 0.25) is 0 Å². The SMILES string of the molecule is CCCCNC(=O)Cn1cc(F)c(=O)[nH]c1=O.NCCCCC(NC(=O)OCC1c2ccccc2-c2ccccc21)C(=O)NCC(N)=O. The molecule has 2 aromatic carbocycles. The number of carbonyl (C=O) groups excluding carboxylic acids is 4. The zero-order valence-electron chi connectivity index (χ0n) is 26.8. The quantitative estimate of drug-likeness (QED) is 0.129. The fourth-order valence-corrected chi connectivity index (χ4v) is 5.06. The molecule has 48 heavy (non-hydrogen) atoms. The summed E-state index contributed by atoms with van der Waals surface area (Å²) in [6.07, 6.45) is 3.55. The van der Waals surface area contributed by atoms with Gasteiger partial charge in [0.25, 0.3) is 5.56 Å². The number of aromatic amines is 1. The van der Waals surface area contributed by atoms with E-state index in [1.165, 1.54) is 0 Å². The first-order valence-electron chi connectivity index (χ1n) is 15.7. The average Bonchev–Trinajstić information content (AvgIpc) is 3.38. The van der Waals surface area contributed by atoms with Gasteiger partial charge in [-0.3, -0.25) is 28.7 Å². The molecule has 1 aliphatic rings. The minimum atomic E-state index is -1.09. The van der Waals surface area contributed by atoms with Gasteiger partial charge in [0.2, 0.25) is 23.5 Å². The molecule has 1 aliphatic carbocycles. The van der Waals surface area contributed by atoms with Gasteiger partial charge in [0.15, 0.2) is 0 Å². The van der Waals surface area contributed by atoms with Crippen molar-refractivity contribution in [3.05, 3.63) is 92.5 Å². The Bertz CT molecular complexity index is 1650. The minimum Gasteiger partial charge on any atom is -0.449 e. The van der Waals surface area contributed by atoms with E-state index in [4.69, 9.17) is 16.2 Å². The van der Waals surface area contributed by atoms with Crippen LogP contribution in [-0.4, -0.2) is 65.6 Å². The molecule has 0 spiro atoms. The molecule has 258 valence electrons. The Labute approximate surface area is 276 Å². The number of halogens is 1. The molecule has 8 N–H and O–H groups in total. The second-order valence-corrected chi connectivity index (χ2v) is 11.1. The minimum absolute atomic E-state index is 0.0717. The maximum Gasteiger partial charge on any atom is 0.407 e. The lowest BCUT2D eigenvalue weighted by Crippen LogP contribution is -2.48. The van der Waals surface area contributed by atoms with Crippen LogP contribution in [0.1, 0.15) is 56.1 Å². The number of primary amides is 1. The Morgan fingerprint density at radius 1 is 0.979 bits per heavy atom. The van der Waals surface area contributed by atoms with Gasteiger partial charge >= 0.3 is 11.8 Å². The van der Waals surface area contributed by atoms with Gasteiger partial charge in [0, 0.05) is 12.5 Å². The van der Waals surface area contributed by atoms with Crippen molar-refractivity contribution < 1.29 is 28.3 Å². The van der Waals surface area contributed by atoms with E-state index in [-0.39, 0.29) is 25.6 Å². The third kappa shape index (κ3) is 10.9. The Balaban J connectivity index is 0.000000311. The van der Waals surface area contributed by atoms with Gasteiger partial charge in [-0.1, -0.05) is 61.9 Å². The van der Waals surface area contributed by atoms with Crippen molar-refractivity contribution in [3.63, 3.8) is 0 Å². The first-order chi connectivity index (χ1) is 23.0. The molecule has 3 aromatic rings. The summed E-state index contributed by atoms with van der Waals surface area (Å²) in [6.45, 7) is 2.53. The summed E-state index contributed by atoms with van der Waals surface area (Å²) in [4.78, 5) is 70.9. The van der Waals surface area contributed by atoms with Crippen LogP contribution in [0.4, 0.5) is 9.18 Å². The zero-order valence-corrected chi connectivity index (χ0v) is 26.8. The topological polar surface area (TPSA) is 220 Å². The van der Waals surface area contributed by atoms with Crippen molar-refractivity contribution in [3.8, 4) is 11.1 Å². The highest BCUT2D eigenvalue weighted by molar-refractivity contribution is 5.89. The lowest BCUT2D eigenvalue weighted by Gasteiger charge is -2.19. The maximum atomic E-state index is 12.9. The van der Waals surface area contributed by atoms with Gasteiger partial charge in [-0.05, 0) is 54.5 Å². The molecule has 0 saturated carbocycles. The molecule has 0 radical (unpaired) electrons. The highest BCUT2D eigenvalue weighted by Gasteiger charge is 2.29. The molecular weight excluding hydrogens is 625 g/mol. The molecule has 0 saturated heterocycles. The van der Waals surface area contributed by atoms with Crippen LogP contribution in [0.25, 0.3) is 11.1 Å². The molecule has 4 rings (SSSR count). The molecule has 0 fully saturated rings. The van der Waals surface area contributed by atoms with E-state index in [1.54, 1.807) is 4.98 Å². The number of H-pyrrole nitrogens is 1. The van der Waals surface area contributed by atoms with Crippen molar-refractivity contribution in [2.45, 2.75) is 57.5 Å². The lowest BCUT2D eigenvalue weighted by atomic mass is 9.98. The molecule has 1 atom stereocenters. The molecule has 15 heteroatoms. The third-order valence-electron chi connectivity index (χ3n) is 7.47. The van der Waals surface area contributed by atoms with Crippen LogP contribution in [0.15, 0.2) is 64.3 Å². The number of hydrogen-bond acceptors (Lipinski definition) is 8. The number of fused-ring (bicyclic) bond motifs is 3. The van der Waals surface area contributed by atoms with Crippen LogP contribution in [0.5, 0.6) is 0 Å². The summed E-state index contributed by atoms with van der Waals surface area (Å²) in [5.41, 5.74) is 13.2. The fraction of sp³-hybridized carbons (Fsp3) is 0.394. The standard InChI is InChI=1S/C23H28N4O4.C10H14FN3O3/c24-12-6-5-11-20(22(29)26-13-21(25)28)27-23(30)31-14-19-17-9-3-1-7-15(17)16-8-2-4-10-18(16)19;1-2-3-4-12-8(15)6-14-5-7(11)9(16)13-10(14)17/h1-4,7-10,19-20H,5-6,11-14,24H2,(H2,25,28)(H,26,29)(H,27,30);5H,2-4,6H2,1H3,(H,12,15)(H,13,16,17). The predicted molar refractivity (Wildman–Crippen MR) is 176 cm³/mol. The van der Waals surface area contributed by atoms with Gasteiger partial charge < -0.3 is 32.2 Å². The second kappa shape index (κ2) is 18.7. The van der Waals surface area contributed by atoms with Crippen LogP contribution < -0.4 is 38.7 Å². The lowest BCUT2D eigenvalue weighted by molar-refractivity contribution is -0.126. The van der Waals surface area contributed by atoms with Gasteiger partial charge in [0.1, 0.15) is 19.2 Å². The summed E-state index contributed by atoms with van der Waals surface area (Å²) in [5, 5.41) is 7.61. The molecule has 0 aliphatic heterocycles. The van der Waals surface area contributed by atoms with Gasteiger partial charge in [-0.25, -0.2) is 9.59 Å². The summed E-state index contributed by atoms with van der Waals surface area (Å²) >= 11 is 0. The number of alkyl carbamates (subject to hydrolysis) is 1. The van der Waals surface area contributed by atoms with Crippen LogP contribution in [-0.2, 0) is 25.7 Å². The fourth-order valence-electron chi connectivity index (χ4n) is 5.06. The summed E-state index contributed by atoms with van der Waals surface area (Å²) in [7, 11) is 0. The number of unbranched alkanes of at least 4 members (excludes halogenated alkanes) is 2. The van der Waals surface area contributed by atoms with Crippen LogP contribution in [0, 0.1) is 5.82 Å².